The zero-order valence-electron chi connectivity index (χ0n) is 21.0. The van der Waals surface area contributed by atoms with Crippen molar-refractivity contribution in [2.75, 3.05) is 13.7 Å². The van der Waals surface area contributed by atoms with Gasteiger partial charge in [0.2, 0.25) is 0 Å². The van der Waals surface area contributed by atoms with Crippen LogP contribution in [0, 0.1) is 11.8 Å². The lowest BCUT2D eigenvalue weighted by atomic mass is 9.69. The number of dihydropyridines is 1. The molecule has 1 fully saturated rings. The predicted octanol–water partition coefficient (Wildman–Crippen LogP) is 4.57. The zero-order valence-corrected chi connectivity index (χ0v) is 21.0. The number of methoxy groups -OCH3 is 1. The number of hydrogen-bond donors (Lipinski definition) is 1. The first-order chi connectivity index (χ1) is 16.9. The Balaban J connectivity index is 1.82. The molecule has 35 heavy (non-hydrogen) atoms. The summed E-state index contributed by atoms with van der Waals surface area (Å²) < 4.78 is 16.9. The number of benzene rings is 1. The first-order valence-electron chi connectivity index (χ1n) is 12.6. The van der Waals surface area contributed by atoms with Crippen molar-refractivity contribution in [3.05, 3.63) is 52.4 Å². The summed E-state index contributed by atoms with van der Waals surface area (Å²) >= 11 is 0. The largest absolute Gasteiger partial charge is 0.494 e. The van der Waals surface area contributed by atoms with Gasteiger partial charge in [-0.15, -0.1) is 0 Å². The maximum atomic E-state index is 13.9. The number of nitrogens with one attached hydrogen (secondary N) is 1. The van der Waals surface area contributed by atoms with Crippen molar-refractivity contribution in [1.29, 1.82) is 0 Å². The van der Waals surface area contributed by atoms with Gasteiger partial charge in [0.25, 0.3) is 0 Å². The number of ketones is 1. The molecule has 1 heterocycles. The Morgan fingerprint density at radius 2 is 1.83 bits per heavy atom. The maximum absolute atomic E-state index is 13.9. The Hall–Kier alpha value is -3.09. The molecule has 1 aromatic rings. The summed E-state index contributed by atoms with van der Waals surface area (Å²) in [6.07, 6.45) is 5.30. The SMILES string of the molecule is CCOc1ccccc1[C@H]1C(C(=O)OC2CCCCC2)=C(C)NC2=C1C(=O)[C@@H](C(=O)OC)[C@H](C)C2. The van der Waals surface area contributed by atoms with Gasteiger partial charge >= 0.3 is 11.9 Å². The van der Waals surface area contributed by atoms with Gasteiger partial charge in [0.05, 0.1) is 25.2 Å². The second-order valence-corrected chi connectivity index (χ2v) is 9.67. The monoisotopic (exact) mass is 481 g/mol. The number of rotatable bonds is 6. The fourth-order valence-electron chi connectivity index (χ4n) is 5.67. The van der Waals surface area contributed by atoms with Gasteiger partial charge in [-0.1, -0.05) is 31.5 Å². The summed E-state index contributed by atoms with van der Waals surface area (Å²) in [4.78, 5) is 40.1. The van der Waals surface area contributed by atoms with E-state index in [1.54, 1.807) is 0 Å². The molecule has 1 aromatic carbocycles. The molecule has 2 aliphatic carbocycles. The van der Waals surface area contributed by atoms with Crippen molar-refractivity contribution >= 4 is 17.7 Å². The smallest absolute Gasteiger partial charge is 0.337 e. The minimum atomic E-state index is -0.920. The minimum absolute atomic E-state index is 0.125. The van der Waals surface area contributed by atoms with E-state index < -0.39 is 23.8 Å². The second-order valence-electron chi connectivity index (χ2n) is 9.67. The van der Waals surface area contributed by atoms with Crippen molar-refractivity contribution in [3.8, 4) is 5.75 Å². The summed E-state index contributed by atoms with van der Waals surface area (Å²) in [5.41, 5.74) is 2.94. The van der Waals surface area contributed by atoms with Gasteiger partial charge in [-0.3, -0.25) is 9.59 Å². The first-order valence-corrected chi connectivity index (χ1v) is 12.6. The average molecular weight is 482 g/mol. The van der Waals surface area contributed by atoms with Gasteiger partial charge in [-0.2, -0.15) is 0 Å². The molecule has 7 nitrogen and oxygen atoms in total. The third-order valence-corrected chi connectivity index (χ3v) is 7.32. The van der Waals surface area contributed by atoms with Gasteiger partial charge in [0, 0.05) is 22.5 Å². The molecule has 0 saturated heterocycles. The Kier molecular flexibility index (Phi) is 7.63. The lowest BCUT2D eigenvalue weighted by Crippen LogP contribution is -2.43. The average Bonchev–Trinajstić information content (AvgIpc) is 2.84. The number of carbonyl (C=O) groups is 3. The Morgan fingerprint density at radius 3 is 2.51 bits per heavy atom. The highest BCUT2D eigenvalue weighted by Crippen LogP contribution is 2.47. The number of para-hydroxylation sites is 1. The highest BCUT2D eigenvalue weighted by Gasteiger charge is 2.48. The second kappa shape index (κ2) is 10.7. The molecule has 0 spiro atoms. The van der Waals surface area contributed by atoms with Crippen molar-refractivity contribution < 1.29 is 28.6 Å². The molecule has 0 amide bonds. The van der Waals surface area contributed by atoms with Crippen molar-refractivity contribution in [3.63, 3.8) is 0 Å². The van der Waals surface area contributed by atoms with E-state index in [9.17, 15) is 14.4 Å². The van der Waals surface area contributed by atoms with E-state index in [0.29, 0.717) is 41.2 Å². The summed E-state index contributed by atoms with van der Waals surface area (Å²) in [5, 5.41) is 3.32. The fourth-order valence-corrected chi connectivity index (χ4v) is 5.67. The van der Waals surface area contributed by atoms with E-state index in [0.717, 1.165) is 37.8 Å². The van der Waals surface area contributed by atoms with E-state index in [1.807, 2.05) is 45.0 Å². The zero-order chi connectivity index (χ0) is 25.1. The van der Waals surface area contributed by atoms with Gasteiger partial charge < -0.3 is 19.5 Å². The summed E-state index contributed by atoms with van der Waals surface area (Å²) in [7, 11) is 1.30. The lowest BCUT2D eigenvalue weighted by Gasteiger charge is -2.39. The molecule has 188 valence electrons. The Bertz CT molecular complexity index is 1060. The van der Waals surface area contributed by atoms with Crippen LogP contribution in [0.1, 0.15) is 70.8 Å². The van der Waals surface area contributed by atoms with Crippen LogP contribution in [0.25, 0.3) is 0 Å². The standard InChI is InChI=1S/C28H35NO6/c1-5-34-21-14-10-9-13-19(21)24-23(28(32)35-18-11-7-6-8-12-18)17(3)29-20-15-16(2)22(27(31)33-4)26(30)25(20)24/h9-10,13-14,16,18,22,24,29H,5-8,11-12,15H2,1-4H3/t16-,22+,24+/m1/s1. The van der Waals surface area contributed by atoms with Gasteiger partial charge in [-0.25, -0.2) is 4.79 Å². The highest BCUT2D eigenvalue weighted by atomic mass is 16.5. The van der Waals surface area contributed by atoms with Crippen molar-refractivity contribution in [2.24, 2.45) is 11.8 Å². The molecule has 3 atom stereocenters. The number of hydrogen-bond acceptors (Lipinski definition) is 7. The van der Waals surface area contributed by atoms with E-state index in [-0.39, 0.29) is 17.8 Å². The Morgan fingerprint density at radius 1 is 1.11 bits per heavy atom. The molecule has 1 aliphatic heterocycles. The van der Waals surface area contributed by atoms with E-state index >= 15 is 0 Å². The predicted molar refractivity (Wildman–Crippen MR) is 130 cm³/mol. The van der Waals surface area contributed by atoms with E-state index in [2.05, 4.69) is 5.32 Å². The van der Waals surface area contributed by atoms with Crippen LogP contribution in [0.4, 0.5) is 0 Å². The number of esters is 2. The van der Waals surface area contributed by atoms with Gasteiger partial charge in [0.15, 0.2) is 5.78 Å². The van der Waals surface area contributed by atoms with Crippen molar-refractivity contribution in [2.45, 2.75) is 71.3 Å². The fraction of sp³-hybridized carbons (Fsp3) is 0.536. The molecule has 0 aromatic heterocycles. The van der Waals surface area contributed by atoms with Crippen LogP contribution in [0.2, 0.25) is 0 Å². The van der Waals surface area contributed by atoms with Crippen molar-refractivity contribution in [1.82, 2.24) is 5.32 Å². The summed E-state index contributed by atoms with van der Waals surface area (Å²) in [5.74, 6) is -2.54. The molecular weight excluding hydrogens is 446 g/mol. The minimum Gasteiger partial charge on any atom is -0.494 e. The quantitative estimate of drug-likeness (QED) is 0.470. The normalized spacial score (nSPS) is 25.0. The highest BCUT2D eigenvalue weighted by molar-refractivity contribution is 6.12. The van der Waals surface area contributed by atoms with Crippen LogP contribution in [0.15, 0.2) is 46.8 Å². The first kappa shape index (κ1) is 25.0. The third-order valence-electron chi connectivity index (χ3n) is 7.32. The molecule has 3 aliphatic rings. The van der Waals surface area contributed by atoms with Crippen LogP contribution >= 0.6 is 0 Å². The van der Waals surface area contributed by atoms with Crippen LogP contribution in [-0.4, -0.2) is 37.5 Å². The van der Waals surface area contributed by atoms with E-state index in [1.165, 1.54) is 7.11 Å². The van der Waals surface area contributed by atoms with E-state index in [4.69, 9.17) is 14.2 Å². The number of allylic oxidation sites excluding steroid dienone is 3. The third kappa shape index (κ3) is 4.86. The van der Waals surface area contributed by atoms with Gasteiger partial charge in [-0.05, 0) is 57.9 Å². The maximum Gasteiger partial charge on any atom is 0.337 e. The number of ether oxygens (including phenoxy) is 3. The summed E-state index contributed by atoms with van der Waals surface area (Å²) in [6, 6.07) is 7.45. The molecule has 0 unspecified atom stereocenters. The van der Waals surface area contributed by atoms with Crippen LogP contribution in [-0.2, 0) is 23.9 Å². The molecule has 0 bridgehead atoms. The van der Waals surface area contributed by atoms with Crippen LogP contribution in [0.5, 0.6) is 5.75 Å². The number of carbonyl (C=O) groups excluding carboxylic acids is 3. The topological polar surface area (TPSA) is 90.9 Å². The summed E-state index contributed by atoms with van der Waals surface area (Å²) in [6.45, 7) is 6.05. The molecule has 1 saturated carbocycles. The lowest BCUT2D eigenvalue weighted by molar-refractivity contribution is -0.151. The molecule has 7 heteroatoms. The molecular formula is C28H35NO6. The molecule has 0 radical (unpaired) electrons. The van der Waals surface area contributed by atoms with Gasteiger partial charge in [0.1, 0.15) is 17.8 Å². The van der Waals surface area contributed by atoms with Crippen LogP contribution in [0.3, 0.4) is 0 Å². The number of Topliss-reactive ketones (excluding diaryl/α,β-unsaturated/α-hetero) is 1. The van der Waals surface area contributed by atoms with Crippen LogP contribution < -0.4 is 10.1 Å². The molecule has 4 rings (SSSR count). The molecule has 1 N–H and O–H groups in total. The Labute approximate surface area is 206 Å².